The second-order valence-corrected chi connectivity index (χ2v) is 36.6. The molecular formula is C96H125N9O41. The topological polar surface area (TPSA) is 733 Å². The van der Waals surface area contributed by atoms with Crippen LogP contribution >= 0.6 is 0 Å². The number of nitrogens with one attached hydrogen (secondary N) is 6. The predicted molar refractivity (Wildman–Crippen MR) is 503 cm³/mol. The highest BCUT2D eigenvalue weighted by atomic mass is 16.7. The number of aliphatic hydroxyl groups excluding tert-OH is 9. The van der Waals surface area contributed by atoms with Gasteiger partial charge in [-0.25, -0.2) is 19.2 Å². The molecule has 3 saturated heterocycles. The lowest BCUT2D eigenvalue weighted by molar-refractivity contribution is -0.277. The summed E-state index contributed by atoms with van der Waals surface area (Å²) in [7, 11) is 0. The summed E-state index contributed by atoms with van der Waals surface area (Å²) in [6.45, 7) is 16.0. The molecule has 18 N–H and O–H groups in total. The number of hydrogen-bond acceptors (Lipinski definition) is 38. The van der Waals surface area contributed by atoms with E-state index in [2.05, 4.69) is 31.9 Å². The Bertz CT molecular complexity index is 5250. The predicted octanol–water partition coefficient (Wildman–Crippen LogP) is 0.0239. The van der Waals surface area contributed by atoms with E-state index in [1.54, 1.807) is 92.7 Å². The monoisotopic (exact) mass is 2060 g/mol. The molecule has 800 valence electrons. The highest BCUT2D eigenvalue weighted by molar-refractivity contribution is 6.14. The summed E-state index contributed by atoms with van der Waals surface area (Å²) < 4.78 is 58.7. The first kappa shape index (κ1) is 119. The van der Waals surface area contributed by atoms with Gasteiger partial charge in [0.25, 0.3) is 35.4 Å². The molecular weight excluding hydrogens is 1940 g/mol. The number of unbranched alkanes of at least 4 members (excludes halogenated alkanes) is 4. The minimum atomic E-state index is -1.98. The molecule has 0 aliphatic carbocycles. The number of carboxylic acid groups (broad SMARTS) is 3. The summed E-state index contributed by atoms with van der Waals surface area (Å²) in [6, 6.07) is 13.3. The maximum atomic E-state index is 12.9. The van der Waals surface area contributed by atoms with Crippen LogP contribution < -0.4 is 46.1 Å². The lowest BCUT2D eigenvalue weighted by Gasteiger charge is -2.38. The van der Waals surface area contributed by atoms with Crippen molar-refractivity contribution in [1.29, 1.82) is 0 Å². The zero-order chi connectivity index (χ0) is 108. The molecule has 15 atom stereocenters. The van der Waals surface area contributed by atoms with Crippen LogP contribution in [0.2, 0.25) is 0 Å². The molecule has 50 heteroatoms. The van der Waals surface area contributed by atoms with Crippen molar-refractivity contribution < 1.29 is 200 Å². The number of carbonyl (C=O) groups is 18. The zero-order valence-electron chi connectivity index (χ0n) is 81.4. The van der Waals surface area contributed by atoms with Crippen LogP contribution in [0.25, 0.3) is 12.2 Å². The molecule has 6 aliphatic rings. The van der Waals surface area contributed by atoms with Crippen molar-refractivity contribution in [3.8, 4) is 17.2 Å². The minimum Gasteiger partial charge on any atom is -0.489 e. The Morgan fingerprint density at radius 1 is 0.363 bits per heavy atom. The van der Waals surface area contributed by atoms with Gasteiger partial charge in [-0.3, -0.25) is 87.1 Å². The molecule has 3 fully saturated rings. The third-order valence-electron chi connectivity index (χ3n) is 21.7. The van der Waals surface area contributed by atoms with E-state index in [9.17, 15) is 148 Å². The SMILES string of the molecule is CC(C)(C)C(=O)OC/C=C/c1ccc(O[C@@H]2O[C@H](C(=O)O)[C@@H](O)[C@H](O)[C@H]2O)c(NC(=O)CCNC(=O)CCCCCN2C(=O)C=CC2=O)c1.CC(C)(C)C(=O)OC/C=C/c1ccc(O[C@@H]2O[C@H](C(=O)O)[C@@H](O)[C@H](O)[C@H]2O)c(NC(=O)CCNC(=O)CCN2C(=O)C=CC2=O)c1.CC(C)(C)C(=O)OCc1ccc(NC(=O)O[C@@H]2O[C@H](C(=O)O)[C@@H](O)[C@H](O)[C@H]2O)c(OCCOCCNC(=O)CCCCCN2C(=O)C=CC2=O)c1. The molecule has 0 saturated carbocycles. The summed E-state index contributed by atoms with van der Waals surface area (Å²) >= 11 is 0. The van der Waals surface area contributed by atoms with Crippen LogP contribution in [-0.2, 0) is 126 Å². The molecule has 0 unspecified atom stereocenters. The molecule has 0 bridgehead atoms. The van der Waals surface area contributed by atoms with E-state index >= 15 is 0 Å². The van der Waals surface area contributed by atoms with E-state index in [1.165, 1.54) is 72.8 Å². The van der Waals surface area contributed by atoms with Gasteiger partial charge in [0.05, 0.1) is 46.5 Å². The zero-order valence-corrected chi connectivity index (χ0v) is 81.4. The maximum absolute atomic E-state index is 12.9. The molecule has 12 amide bonds. The quantitative estimate of drug-likeness (QED) is 0.0153. The van der Waals surface area contributed by atoms with E-state index in [1.807, 2.05) is 0 Å². The van der Waals surface area contributed by atoms with Gasteiger partial charge in [0.2, 0.25) is 48.4 Å². The van der Waals surface area contributed by atoms with Crippen LogP contribution in [0.15, 0.2) is 103 Å². The molecule has 3 aromatic carbocycles. The Labute approximate surface area is 836 Å². The van der Waals surface area contributed by atoms with Gasteiger partial charge in [0, 0.05) is 108 Å². The van der Waals surface area contributed by atoms with Crippen LogP contribution in [0.3, 0.4) is 0 Å². The Kier molecular flexibility index (Phi) is 46.1. The number of anilines is 3. The average Bonchev–Trinajstić information content (AvgIpc) is 0.997. The number of carboxylic acids is 3. The molecule has 6 heterocycles. The largest absolute Gasteiger partial charge is 0.489 e. The molecule has 0 radical (unpaired) electrons. The van der Waals surface area contributed by atoms with Crippen molar-refractivity contribution in [2.75, 3.05) is 88.3 Å². The summed E-state index contributed by atoms with van der Waals surface area (Å²) in [5.41, 5.74) is -0.411. The first-order valence-corrected chi connectivity index (χ1v) is 46.3. The number of ether oxygens (including phenoxy) is 11. The summed E-state index contributed by atoms with van der Waals surface area (Å²) in [6.07, 6.45) is -12.8. The summed E-state index contributed by atoms with van der Waals surface area (Å²) in [5, 5.41) is 134. The highest BCUT2D eigenvalue weighted by Crippen LogP contribution is 2.36. The number of aliphatic carboxylic acids is 3. The van der Waals surface area contributed by atoms with Gasteiger partial charge in [-0.2, -0.15) is 0 Å². The number of aliphatic hydroxyl groups is 9. The van der Waals surface area contributed by atoms with Gasteiger partial charge >= 0.3 is 41.9 Å². The van der Waals surface area contributed by atoms with Crippen molar-refractivity contribution in [2.24, 2.45) is 16.2 Å². The second kappa shape index (κ2) is 56.5. The van der Waals surface area contributed by atoms with E-state index in [4.69, 9.17) is 52.1 Å². The minimum absolute atomic E-state index is 0.00311. The summed E-state index contributed by atoms with van der Waals surface area (Å²) in [5.74, 6) is -10.7. The van der Waals surface area contributed by atoms with E-state index in [0.717, 1.165) is 26.9 Å². The van der Waals surface area contributed by atoms with Crippen molar-refractivity contribution in [2.45, 2.75) is 232 Å². The number of nitrogens with zero attached hydrogens (tertiary/aromatic N) is 3. The molecule has 3 aromatic rings. The van der Waals surface area contributed by atoms with Crippen LogP contribution in [0.1, 0.15) is 150 Å². The van der Waals surface area contributed by atoms with Crippen LogP contribution in [0.5, 0.6) is 17.2 Å². The first-order chi connectivity index (χ1) is 68.7. The van der Waals surface area contributed by atoms with Crippen molar-refractivity contribution in [3.63, 3.8) is 0 Å². The fourth-order valence-electron chi connectivity index (χ4n) is 13.5. The number of esters is 3. The maximum Gasteiger partial charge on any atom is 0.414 e. The number of benzene rings is 3. The van der Waals surface area contributed by atoms with Gasteiger partial charge in [-0.05, 0) is 153 Å². The van der Waals surface area contributed by atoms with Crippen molar-refractivity contribution >= 4 is 136 Å². The number of rotatable bonds is 47. The smallest absolute Gasteiger partial charge is 0.414 e. The molecule has 0 spiro atoms. The fourth-order valence-corrected chi connectivity index (χ4v) is 13.5. The van der Waals surface area contributed by atoms with Crippen molar-refractivity contribution in [1.82, 2.24) is 30.7 Å². The molecule has 146 heavy (non-hydrogen) atoms. The van der Waals surface area contributed by atoms with Gasteiger partial charge in [-0.15, -0.1) is 0 Å². The van der Waals surface area contributed by atoms with Crippen molar-refractivity contribution in [3.05, 3.63) is 120 Å². The summed E-state index contributed by atoms with van der Waals surface area (Å²) in [4.78, 5) is 218. The molecule has 9 rings (SSSR count). The Morgan fingerprint density at radius 2 is 0.733 bits per heavy atom. The van der Waals surface area contributed by atoms with Gasteiger partial charge in [0.1, 0.15) is 98.6 Å². The lowest BCUT2D eigenvalue weighted by atomic mass is 9.97. The number of hydrogen-bond donors (Lipinski definition) is 18. The van der Waals surface area contributed by atoms with Gasteiger partial charge in [0.15, 0.2) is 18.3 Å². The number of amides is 12. The highest BCUT2D eigenvalue weighted by Gasteiger charge is 2.52. The van der Waals surface area contributed by atoms with E-state index in [0.29, 0.717) is 61.8 Å². The standard InChI is InChI=1S/C33H45N3O15.C33H43N3O13.C30H37N3O13/c1-33(2,3)31(45)49-18-19-8-9-20(35-32(46)51-30-27(42)25(40)26(41)28(50-30)29(43)44)21(17-19)48-16-15-47-14-12-34-22(37)7-5-4-6-13-36-23(38)10-11-24(36)39;1-33(2,3)32(46)47-17-7-8-19-10-11-21(48-31-28(43)26(41)27(42)29(49-31)30(44)45)20(18-19)35-23(38)14-15-34-22(37)9-5-4-6-16-36-24(39)12-13-25(36)40;1-30(2,3)29(43)44-14-4-5-16-6-7-18(45-28-25(40)23(38)24(39)26(46-28)27(41)42)17(15-16)32-20(35)10-12-31-19(34)11-13-33-21(36)8-9-22(33)37/h8-11,17,25-28,30,40-42H,4-7,12-16,18H2,1-3H3,(H,34,37)(H,35,46)(H,43,44);7-8,10-13,18,26-29,31,41-43H,4-6,9,14-17H2,1-3H3,(H,34,37)(H,35,38)(H,44,45);4-9,15,23-26,28,38-40H,10-14H2,1-3H3,(H,31,34)(H,32,35)(H,41,42)/b;8-7+;5-4+/t25-,26-,27+,28-,30-;26-,27-,28+,29-,31+;23-,24-,25+,26-,28+/m000/s1. The van der Waals surface area contributed by atoms with Crippen LogP contribution in [0, 0.1) is 16.2 Å². The molecule has 0 aromatic heterocycles. The number of imide groups is 3. The fraction of sp³-hybridized carbons (Fsp3) is 0.521. The molecule has 50 nitrogen and oxygen atoms in total. The normalized spacial score (nSPS) is 22.3. The first-order valence-electron chi connectivity index (χ1n) is 46.3. The van der Waals surface area contributed by atoms with E-state index in [-0.39, 0.29) is 174 Å². The lowest BCUT2D eigenvalue weighted by Crippen LogP contribution is -2.61. The number of carbonyl (C=O) groups excluding carboxylic acids is 15. The van der Waals surface area contributed by atoms with Gasteiger partial charge in [-0.1, -0.05) is 43.2 Å². The van der Waals surface area contributed by atoms with Crippen LogP contribution in [0.4, 0.5) is 21.9 Å². The van der Waals surface area contributed by atoms with Gasteiger partial charge < -0.3 is 140 Å². The third kappa shape index (κ3) is 37.6. The Morgan fingerprint density at radius 3 is 1.13 bits per heavy atom. The average molecular weight is 2060 g/mol. The van der Waals surface area contributed by atoms with Crippen LogP contribution in [-0.4, -0.2) is 347 Å². The Balaban J connectivity index is 0.000000297. The third-order valence-corrected chi connectivity index (χ3v) is 21.7. The molecule has 6 aliphatic heterocycles. The van der Waals surface area contributed by atoms with E-state index < -0.39 is 180 Å². The second-order valence-electron chi connectivity index (χ2n) is 36.6. The Hall–Kier alpha value is -13.9.